The lowest BCUT2D eigenvalue weighted by molar-refractivity contribution is 0.790. The van der Waals surface area contributed by atoms with Crippen molar-refractivity contribution in [2.45, 2.75) is 12.5 Å². The molecule has 0 saturated carbocycles. The van der Waals surface area contributed by atoms with Crippen LogP contribution in [0.15, 0.2) is 55.0 Å². The molecule has 0 bridgehead atoms. The number of hydrogen-bond donors (Lipinski definition) is 1. The van der Waals surface area contributed by atoms with Gasteiger partial charge in [0.2, 0.25) is 0 Å². The largest absolute Gasteiger partial charge is 0.364 e. The molecular formula is C15H15ClN4. The number of aromatic nitrogens is 3. The Morgan fingerprint density at radius 3 is 2.80 bits per heavy atom. The zero-order chi connectivity index (χ0) is 13.8. The lowest BCUT2D eigenvalue weighted by atomic mass is 10.1. The zero-order valence-electron chi connectivity index (χ0n) is 10.9. The minimum Gasteiger partial charge on any atom is -0.364 e. The molecule has 0 spiro atoms. The van der Waals surface area contributed by atoms with Gasteiger partial charge in [-0.15, -0.1) is 11.6 Å². The number of fused-ring (bicyclic) bond motifs is 1. The molecule has 20 heavy (non-hydrogen) atoms. The molecule has 0 aliphatic heterocycles. The summed E-state index contributed by atoms with van der Waals surface area (Å²) in [6.45, 7) is 0. The minimum atomic E-state index is 0.132. The van der Waals surface area contributed by atoms with Crippen molar-refractivity contribution in [3.8, 4) is 0 Å². The Morgan fingerprint density at radius 2 is 2.00 bits per heavy atom. The van der Waals surface area contributed by atoms with Crippen LogP contribution in [0.3, 0.4) is 0 Å². The maximum Gasteiger partial charge on any atom is 0.152 e. The number of alkyl halides is 1. The summed E-state index contributed by atoms with van der Waals surface area (Å²) in [5.41, 5.74) is 2.21. The van der Waals surface area contributed by atoms with E-state index in [9.17, 15) is 0 Å². The van der Waals surface area contributed by atoms with Gasteiger partial charge in [-0.2, -0.15) is 5.10 Å². The molecule has 5 heteroatoms. The Labute approximate surface area is 122 Å². The highest BCUT2D eigenvalue weighted by Crippen LogP contribution is 2.15. The van der Waals surface area contributed by atoms with Crippen LogP contribution in [0.4, 0.5) is 5.82 Å². The monoisotopic (exact) mass is 286 g/mol. The van der Waals surface area contributed by atoms with E-state index in [0.717, 1.165) is 17.8 Å². The maximum absolute atomic E-state index is 6.08. The molecule has 0 amide bonds. The van der Waals surface area contributed by atoms with E-state index < -0.39 is 0 Å². The third kappa shape index (κ3) is 2.75. The van der Waals surface area contributed by atoms with Crippen LogP contribution in [0, 0.1) is 0 Å². The second-order valence-electron chi connectivity index (χ2n) is 4.62. The van der Waals surface area contributed by atoms with E-state index in [2.05, 4.69) is 27.5 Å². The van der Waals surface area contributed by atoms with Crippen molar-refractivity contribution in [1.29, 1.82) is 0 Å². The predicted octanol–water partition coefficient (Wildman–Crippen LogP) is 2.99. The number of hydrogen-bond acceptors (Lipinski definition) is 3. The van der Waals surface area contributed by atoms with Crippen LogP contribution in [0.1, 0.15) is 5.56 Å². The van der Waals surface area contributed by atoms with Crippen LogP contribution in [-0.4, -0.2) is 26.5 Å². The van der Waals surface area contributed by atoms with E-state index in [0.29, 0.717) is 5.88 Å². The first-order chi connectivity index (χ1) is 9.86. The molecule has 1 atom stereocenters. The summed E-state index contributed by atoms with van der Waals surface area (Å²) in [5, 5.41) is 7.60. The van der Waals surface area contributed by atoms with Crippen LogP contribution in [-0.2, 0) is 6.42 Å². The first-order valence-electron chi connectivity index (χ1n) is 6.51. The van der Waals surface area contributed by atoms with Crippen LogP contribution in [0.2, 0.25) is 0 Å². The molecule has 3 rings (SSSR count). The third-order valence-corrected chi connectivity index (χ3v) is 3.55. The van der Waals surface area contributed by atoms with Crippen molar-refractivity contribution >= 4 is 22.9 Å². The van der Waals surface area contributed by atoms with Crippen LogP contribution in [0.25, 0.3) is 5.52 Å². The Kier molecular flexibility index (Phi) is 3.83. The maximum atomic E-state index is 6.08. The molecule has 1 N–H and O–H groups in total. The van der Waals surface area contributed by atoms with Gasteiger partial charge in [-0.1, -0.05) is 30.3 Å². The first-order valence-corrected chi connectivity index (χ1v) is 7.05. The molecule has 0 saturated heterocycles. The van der Waals surface area contributed by atoms with E-state index in [1.807, 2.05) is 30.5 Å². The molecule has 0 aliphatic rings. The van der Waals surface area contributed by atoms with Gasteiger partial charge in [0.05, 0.1) is 6.20 Å². The topological polar surface area (TPSA) is 42.2 Å². The van der Waals surface area contributed by atoms with Gasteiger partial charge in [0.25, 0.3) is 0 Å². The zero-order valence-corrected chi connectivity index (χ0v) is 11.7. The van der Waals surface area contributed by atoms with Crippen molar-refractivity contribution in [3.05, 3.63) is 60.6 Å². The Hall–Kier alpha value is -2.07. The molecule has 0 radical (unpaired) electrons. The molecule has 102 valence electrons. The van der Waals surface area contributed by atoms with Gasteiger partial charge in [0.15, 0.2) is 5.82 Å². The fourth-order valence-corrected chi connectivity index (χ4v) is 2.39. The lowest BCUT2D eigenvalue weighted by Gasteiger charge is -2.17. The molecule has 2 heterocycles. The highest BCUT2D eigenvalue weighted by Gasteiger charge is 2.11. The molecule has 4 nitrogen and oxygen atoms in total. The van der Waals surface area contributed by atoms with E-state index in [4.69, 9.17) is 11.6 Å². The molecule has 2 aromatic heterocycles. The van der Waals surface area contributed by atoms with Crippen molar-refractivity contribution in [1.82, 2.24) is 14.6 Å². The highest BCUT2D eigenvalue weighted by molar-refractivity contribution is 6.18. The van der Waals surface area contributed by atoms with Gasteiger partial charge in [-0.05, 0) is 18.1 Å². The van der Waals surface area contributed by atoms with Gasteiger partial charge in [0, 0.05) is 24.3 Å². The second-order valence-corrected chi connectivity index (χ2v) is 4.93. The van der Waals surface area contributed by atoms with Crippen LogP contribution >= 0.6 is 11.6 Å². The number of benzene rings is 1. The van der Waals surface area contributed by atoms with Gasteiger partial charge >= 0.3 is 0 Å². The average molecular weight is 287 g/mol. The van der Waals surface area contributed by atoms with Gasteiger partial charge in [0.1, 0.15) is 5.52 Å². The first kappa shape index (κ1) is 12.9. The minimum absolute atomic E-state index is 0.132. The smallest absolute Gasteiger partial charge is 0.152 e. The molecule has 3 aromatic rings. The van der Waals surface area contributed by atoms with Crippen molar-refractivity contribution in [2.75, 3.05) is 11.2 Å². The Morgan fingerprint density at radius 1 is 1.15 bits per heavy atom. The SMILES string of the molecule is ClCC(Cc1ccccc1)Nc1nccn2nccc12. The van der Waals surface area contributed by atoms with Gasteiger partial charge < -0.3 is 5.32 Å². The predicted molar refractivity (Wildman–Crippen MR) is 81.3 cm³/mol. The molecule has 0 fully saturated rings. The molecule has 1 aromatic carbocycles. The van der Waals surface area contributed by atoms with Crippen molar-refractivity contribution in [3.63, 3.8) is 0 Å². The summed E-state index contributed by atoms with van der Waals surface area (Å²) < 4.78 is 1.79. The van der Waals surface area contributed by atoms with Crippen LogP contribution in [0.5, 0.6) is 0 Å². The fourth-order valence-electron chi connectivity index (χ4n) is 2.21. The van der Waals surface area contributed by atoms with E-state index >= 15 is 0 Å². The number of rotatable bonds is 5. The number of halogens is 1. The number of nitrogens with zero attached hydrogens (tertiary/aromatic N) is 3. The highest BCUT2D eigenvalue weighted by atomic mass is 35.5. The Bertz CT molecular complexity index is 680. The molecule has 1 unspecified atom stereocenters. The lowest BCUT2D eigenvalue weighted by Crippen LogP contribution is -2.25. The summed E-state index contributed by atoms with van der Waals surface area (Å²) in [6, 6.07) is 12.4. The van der Waals surface area contributed by atoms with Gasteiger partial charge in [-0.3, -0.25) is 0 Å². The van der Waals surface area contributed by atoms with E-state index in [1.165, 1.54) is 5.56 Å². The summed E-state index contributed by atoms with van der Waals surface area (Å²) in [7, 11) is 0. The number of nitrogens with one attached hydrogen (secondary N) is 1. The standard InChI is InChI=1S/C15H15ClN4/c16-11-13(10-12-4-2-1-3-5-12)19-15-14-6-7-18-20(14)9-8-17-15/h1-9,13H,10-11H2,(H,17,19). The van der Waals surface area contributed by atoms with Crippen molar-refractivity contribution in [2.24, 2.45) is 0 Å². The normalized spacial score (nSPS) is 12.4. The number of anilines is 1. The average Bonchev–Trinajstić information content (AvgIpc) is 2.97. The molecular weight excluding hydrogens is 272 g/mol. The summed E-state index contributed by atoms with van der Waals surface area (Å²) in [5.74, 6) is 1.33. The fraction of sp³-hybridized carbons (Fsp3) is 0.200. The summed E-state index contributed by atoms with van der Waals surface area (Å²) in [6.07, 6.45) is 6.18. The second kappa shape index (κ2) is 5.92. The van der Waals surface area contributed by atoms with Crippen LogP contribution < -0.4 is 5.32 Å². The summed E-state index contributed by atoms with van der Waals surface area (Å²) >= 11 is 6.08. The Balaban J connectivity index is 1.79. The van der Waals surface area contributed by atoms with E-state index in [1.54, 1.807) is 16.9 Å². The van der Waals surface area contributed by atoms with Crippen molar-refractivity contribution < 1.29 is 0 Å². The third-order valence-electron chi connectivity index (χ3n) is 3.18. The van der Waals surface area contributed by atoms with E-state index in [-0.39, 0.29) is 6.04 Å². The quantitative estimate of drug-likeness (QED) is 0.733. The molecule has 0 aliphatic carbocycles. The summed E-state index contributed by atoms with van der Waals surface area (Å²) in [4.78, 5) is 4.38. The van der Waals surface area contributed by atoms with Gasteiger partial charge in [-0.25, -0.2) is 9.50 Å².